The van der Waals surface area contributed by atoms with Crippen LogP contribution in [0.25, 0.3) is 0 Å². The average molecular weight is 197 g/mol. The molecule has 10 heavy (non-hydrogen) atoms. The smallest absolute Gasteiger partial charge is 0.163 e. The molecule has 0 aromatic heterocycles. The normalized spacial score (nSPS) is 32.1. The number of alkyl halides is 1. The minimum absolute atomic E-state index is 0.173. The lowest BCUT2D eigenvalue weighted by molar-refractivity contribution is 0.687. The molecule has 1 aliphatic rings. The zero-order valence-electron chi connectivity index (χ0n) is 5.34. The van der Waals surface area contributed by atoms with Crippen molar-refractivity contribution >= 4 is 40.7 Å². The van der Waals surface area contributed by atoms with Crippen molar-refractivity contribution in [3.63, 3.8) is 0 Å². The fourth-order valence-corrected chi connectivity index (χ4v) is 2.68. The van der Waals surface area contributed by atoms with E-state index in [-0.39, 0.29) is 11.4 Å². The van der Waals surface area contributed by atoms with E-state index in [1.54, 1.807) is 0 Å². The number of nitrogens with two attached hydrogens (primary N) is 1. The molecule has 2 atom stereocenters. The standard InChI is InChI=1S/C5H9ClN2S2/c6-3-1-10-2-4(3)8-5(7)9/h3-4H,1-2H2,(H3,7,8,9)/t3-,4-/m1/s1. The van der Waals surface area contributed by atoms with Gasteiger partial charge in [-0.25, -0.2) is 0 Å². The van der Waals surface area contributed by atoms with Gasteiger partial charge in [0, 0.05) is 11.5 Å². The molecule has 58 valence electrons. The topological polar surface area (TPSA) is 38.0 Å². The SMILES string of the molecule is NC(=S)N[C@@H]1CSC[C@H]1Cl. The zero-order chi connectivity index (χ0) is 7.56. The molecular weight excluding hydrogens is 188 g/mol. The molecule has 1 heterocycles. The molecule has 0 aromatic carbocycles. The van der Waals surface area contributed by atoms with E-state index in [9.17, 15) is 0 Å². The van der Waals surface area contributed by atoms with Gasteiger partial charge in [0.2, 0.25) is 0 Å². The first kappa shape index (κ1) is 8.43. The Hall–Kier alpha value is 0.330. The molecule has 0 bridgehead atoms. The Balaban J connectivity index is 2.33. The Morgan fingerprint density at radius 3 is 2.80 bits per heavy atom. The van der Waals surface area contributed by atoms with Crippen molar-refractivity contribution in [2.24, 2.45) is 5.73 Å². The Labute approximate surface area is 74.9 Å². The van der Waals surface area contributed by atoms with Crippen molar-refractivity contribution in [1.82, 2.24) is 5.32 Å². The lowest BCUT2D eigenvalue weighted by Gasteiger charge is -2.13. The Bertz CT molecular complexity index is 142. The summed E-state index contributed by atoms with van der Waals surface area (Å²) in [6, 6.07) is 0.268. The molecule has 5 heteroatoms. The van der Waals surface area contributed by atoms with E-state index in [1.807, 2.05) is 11.8 Å². The molecule has 0 spiro atoms. The highest BCUT2D eigenvalue weighted by Gasteiger charge is 2.25. The molecule has 0 aromatic rings. The first-order chi connectivity index (χ1) is 4.70. The summed E-state index contributed by atoms with van der Waals surface area (Å²) in [4.78, 5) is 0. The van der Waals surface area contributed by atoms with Gasteiger partial charge in [-0.1, -0.05) is 0 Å². The summed E-state index contributed by atoms with van der Waals surface area (Å²) in [6.07, 6.45) is 0. The lowest BCUT2D eigenvalue weighted by atomic mass is 10.3. The highest BCUT2D eigenvalue weighted by Crippen LogP contribution is 2.22. The van der Waals surface area contributed by atoms with Crippen molar-refractivity contribution in [3.05, 3.63) is 0 Å². The largest absolute Gasteiger partial charge is 0.376 e. The van der Waals surface area contributed by atoms with Crippen LogP contribution in [0.15, 0.2) is 0 Å². The number of thiocarbonyl (C=S) groups is 1. The molecule has 2 nitrogen and oxygen atoms in total. The van der Waals surface area contributed by atoms with Crippen LogP contribution in [-0.4, -0.2) is 28.0 Å². The monoisotopic (exact) mass is 196 g/mol. The molecule has 1 fully saturated rings. The fraction of sp³-hybridized carbons (Fsp3) is 0.800. The number of nitrogens with one attached hydrogen (secondary N) is 1. The van der Waals surface area contributed by atoms with E-state index in [2.05, 4.69) is 17.5 Å². The van der Waals surface area contributed by atoms with Gasteiger partial charge in [0.25, 0.3) is 0 Å². The van der Waals surface area contributed by atoms with Crippen LogP contribution >= 0.6 is 35.6 Å². The first-order valence-electron chi connectivity index (χ1n) is 2.98. The van der Waals surface area contributed by atoms with Crippen LogP contribution in [0, 0.1) is 0 Å². The fourth-order valence-electron chi connectivity index (χ4n) is 0.843. The molecule has 3 N–H and O–H groups in total. The Morgan fingerprint density at radius 1 is 1.70 bits per heavy atom. The van der Waals surface area contributed by atoms with Crippen molar-refractivity contribution in [2.75, 3.05) is 11.5 Å². The quantitative estimate of drug-likeness (QED) is 0.475. The predicted octanol–water partition coefficient (Wildman–Crippen LogP) is 0.542. The molecule has 1 rings (SSSR count). The third-order valence-corrected chi connectivity index (χ3v) is 3.29. The molecule has 0 amide bonds. The molecule has 0 unspecified atom stereocenters. The van der Waals surface area contributed by atoms with Gasteiger partial charge >= 0.3 is 0 Å². The predicted molar refractivity (Wildman–Crippen MR) is 50.7 cm³/mol. The van der Waals surface area contributed by atoms with Gasteiger partial charge in [0.1, 0.15) is 0 Å². The van der Waals surface area contributed by atoms with Crippen LogP contribution < -0.4 is 11.1 Å². The number of thioether (sulfide) groups is 1. The lowest BCUT2D eigenvalue weighted by Crippen LogP contribution is -2.43. The maximum absolute atomic E-state index is 5.92. The van der Waals surface area contributed by atoms with Crippen molar-refractivity contribution in [3.8, 4) is 0 Å². The van der Waals surface area contributed by atoms with E-state index < -0.39 is 0 Å². The van der Waals surface area contributed by atoms with E-state index in [1.165, 1.54) is 0 Å². The summed E-state index contributed by atoms with van der Waals surface area (Å²) < 4.78 is 0. The van der Waals surface area contributed by atoms with Gasteiger partial charge in [0.05, 0.1) is 11.4 Å². The van der Waals surface area contributed by atoms with Gasteiger partial charge in [-0.2, -0.15) is 11.8 Å². The van der Waals surface area contributed by atoms with Gasteiger partial charge in [0.15, 0.2) is 5.11 Å². The number of hydrogen-bond donors (Lipinski definition) is 2. The first-order valence-corrected chi connectivity index (χ1v) is 4.98. The van der Waals surface area contributed by atoms with Gasteiger partial charge < -0.3 is 11.1 Å². The maximum Gasteiger partial charge on any atom is 0.163 e. The van der Waals surface area contributed by atoms with Gasteiger partial charge in [-0.15, -0.1) is 11.6 Å². The Morgan fingerprint density at radius 2 is 2.40 bits per heavy atom. The van der Waals surface area contributed by atoms with Crippen molar-refractivity contribution < 1.29 is 0 Å². The zero-order valence-corrected chi connectivity index (χ0v) is 7.73. The summed E-state index contributed by atoms with van der Waals surface area (Å²) in [5.41, 5.74) is 5.29. The highest BCUT2D eigenvalue weighted by molar-refractivity contribution is 7.99. The summed E-state index contributed by atoms with van der Waals surface area (Å²) in [7, 11) is 0. The third-order valence-electron chi connectivity index (χ3n) is 1.34. The molecule has 0 radical (unpaired) electrons. The van der Waals surface area contributed by atoms with E-state index in [0.717, 1.165) is 11.5 Å². The summed E-state index contributed by atoms with van der Waals surface area (Å²) in [5, 5.41) is 3.47. The molecule has 1 saturated heterocycles. The molecular formula is C5H9ClN2S2. The number of hydrogen-bond acceptors (Lipinski definition) is 2. The summed E-state index contributed by atoms with van der Waals surface area (Å²) >= 11 is 12.4. The number of rotatable bonds is 1. The molecule has 0 aliphatic carbocycles. The van der Waals surface area contributed by atoms with Gasteiger partial charge in [-0.05, 0) is 12.2 Å². The summed E-state index contributed by atoms with van der Waals surface area (Å²) in [6.45, 7) is 0. The average Bonchev–Trinajstić information content (AvgIpc) is 2.15. The van der Waals surface area contributed by atoms with Crippen LogP contribution in [0.4, 0.5) is 0 Å². The van der Waals surface area contributed by atoms with Crippen LogP contribution in [0.3, 0.4) is 0 Å². The van der Waals surface area contributed by atoms with E-state index in [4.69, 9.17) is 17.3 Å². The van der Waals surface area contributed by atoms with Crippen molar-refractivity contribution in [2.45, 2.75) is 11.4 Å². The van der Waals surface area contributed by atoms with E-state index in [0.29, 0.717) is 5.11 Å². The highest BCUT2D eigenvalue weighted by atomic mass is 35.5. The van der Waals surface area contributed by atoms with Crippen LogP contribution in [-0.2, 0) is 0 Å². The second-order valence-corrected chi connectivity index (χ2v) is 4.24. The summed E-state index contributed by atoms with van der Waals surface area (Å²) in [5.74, 6) is 1.99. The minimum Gasteiger partial charge on any atom is -0.376 e. The Kier molecular flexibility index (Phi) is 3.07. The second kappa shape index (κ2) is 3.64. The maximum atomic E-state index is 5.92. The second-order valence-electron chi connectivity index (χ2n) is 2.17. The van der Waals surface area contributed by atoms with E-state index >= 15 is 0 Å². The van der Waals surface area contributed by atoms with Crippen molar-refractivity contribution in [1.29, 1.82) is 0 Å². The van der Waals surface area contributed by atoms with Gasteiger partial charge in [-0.3, -0.25) is 0 Å². The third kappa shape index (κ3) is 2.18. The van der Waals surface area contributed by atoms with Crippen LogP contribution in [0.2, 0.25) is 0 Å². The number of halogens is 1. The molecule has 1 aliphatic heterocycles. The van der Waals surface area contributed by atoms with Crippen LogP contribution in [0.1, 0.15) is 0 Å². The van der Waals surface area contributed by atoms with Crippen LogP contribution in [0.5, 0.6) is 0 Å². The molecule has 0 saturated carbocycles. The minimum atomic E-state index is 0.173.